The molecular formula is C32H50O5. The van der Waals surface area contributed by atoms with Crippen LogP contribution in [0.15, 0.2) is 0 Å². The number of carbonyl (C=O) groups excluding carboxylic acids is 3. The highest BCUT2D eigenvalue weighted by Crippen LogP contribution is 2.77. The first-order valence-corrected chi connectivity index (χ1v) is 15.0. The Balaban J connectivity index is 1.48. The fourth-order valence-electron chi connectivity index (χ4n) is 11.7. The van der Waals surface area contributed by atoms with Gasteiger partial charge in [0.2, 0.25) is 0 Å². The number of carbonyl (C=O) groups is 3. The minimum absolute atomic E-state index is 0.0807. The Hall–Kier alpha value is -1.39. The molecule has 0 spiro atoms. The van der Waals surface area contributed by atoms with Gasteiger partial charge in [0.1, 0.15) is 12.4 Å². The molecule has 0 heterocycles. The van der Waals surface area contributed by atoms with Crippen LogP contribution in [0.2, 0.25) is 0 Å². The summed E-state index contributed by atoms with van der Waals surface area (Å²) in [5, 5.41) is 0. The average molecular weight is 515 g/mol. The fourth-order valence-corrected chi connectivity index (χ4v) is 11.7. The highest BCUT2D eigenvalue weighted by Gasteiger charge is 2.71. The summed E-state index contributed by atoms with van der Waals surface area (Å²) in [6, 6.07) is 0. The quantitative estimate of drug-likeness (QED) is 0.388. The Morgan fingerprint density at radius 2 is 1.46 bits per heavy atom. The summed E-state index contributed by atoms with van der Waals surface area (Å²) in [6.07, 6.45) is 11.0. The Bertz CT molecular complexity index is 974. The van der Waals surface area contributed by atoms with Crippen molar-refractivity contribution in [3.8, 4) is 0 Å². The molecule has 0 aromatic rings. The van der Waals surface area contributed by atoms with E-state index in [1.807, 2.05) is 0 Å². The van der Waals surface area contributed by atoms with E-state index >= 15 is 0 Å². The van der Waals surface area contributed by atoms with Crippen LogP contribution in [0, 0.1) is 56.7 Å². The molecule has 208 valence electrons. The van der Waals surface area contributed by atoms with Gasteiger partial charge in [-0.3, -0.25) is 14.4 Å². The van der Waals surface area contributed by atoms with E-state index in [-0.39, 0.29) is 51.9 Å². The number of esters is 2. The van der Waals surface area contributed by atoms with Crippen molar-refractivity contribution < 1.29 is 23.9 Å². The van der Waals surface area contributed by atoms with Crippen LogP contribution in [0.3, 0.4) is 0 Å². The van der Waals surface area contributed by atoms with Gasteiger partial charge in [0.05, 0.1) is 12.0 Å². The Kier molecular flexibility index (Phi) is 6.47. The van der Waals surface area contributed by atoms with E-state index in [2.05, 4.69) is 34.6 Å². The molecule has 0 aliphatic heterocycles. The van der Waals surface area contributed by atoms with Gasteiger partial charge < -0.3 is 9.47 Å². The average Bonchev–Trinajstić information content (AvgIpc) is 3.16. The number of Topliss-reactive ketones (excluding diaryl/α,β-unsaturated/α-hetero) is 1. The minimum Gasteiger partial charge on any atom is -0.465 e. The van der Waals surface area contributed by atoms with Gasteiger partial charge in [-0.1, -0.05) is 27.7 Å². The van der Waals surface area contributed by atoms with Crippen LogP contribution in [-0.4, -0.2) is 30.9 Å². The second-order valence-corrected chi connectivity index (χ2v) is 15.0. The monoisotopic (exact) mass is 514 g/mol. The third-order valence-corrected chi connectivity index (χ3v) is 13.6. The van der Waals surface area contributed by atoms with Crippen molar-refractivity contribution in [1.29, 1.82) is 0 Å². The molecule has 5 aliphatic rings. The number of rotatable bonds is 4. The standard InChI is InChI=1S/C32H50O5/c1-20-10-15-32(19-37-22(3)34)17-16-30(6)23(27(20)32)8-9-25-28(4)13-12-26(35)29(5,18-36-21(2)33)24(28)11-14-31(25,30)7/h20,23-25,27H,8-19H2,1-7H3/t20-,23-,24-,25-,27-,28+,29+,30-,31-,32-/m1/s1. The molecule has 0 bridgehead atoms. The van der Waals surface area contributed by atoms with Gasteiger partial charge in [0.15, 0.2) is 0 Å². The largest absolute Gasteiger partial charge is 0.465 e. The maximum atomic E-state index is 13.3. The normalized spacial score (nSPS) is 50.8. The number of ether oxygens (including phenoxy) is 2. The minimum atomic E-state index is -0.580. The molecule has 5 aliphatic carbocycles. The third kappa shape index (κ3) is 3.71. The third-order valence-electron chi connectivity index (χ3n) is 13.6. The molecule has 0 radical (unpaired) electrons. The molecule has 0 aromatic heterocycles. The number of fused-ring (bicyclic) bond motifs is 7. The summed E-state index contributed by atoms with van der Waals surface area (Å²) in [5.74, 6) is 2.63. The Morgan fingerprint density at radius 3 is 2.14 bits per heavy atom. The van der Waals surface area contributed by atoms with Crippen LogP contribution in [0.4, 0.5) is 0 Å². The van der Waals surface area contributed by atoms with Crippen LogP contribution >= 0.6 is 0 Å². The highest BCUT2D eigenvalue weighted by molar-refractivity contribution is 5.86. The van der Waals surface area contributed by atoms with E-state index in [1.54, 1.807) is 6.92 Å². The van der Waals surface area contributed by atoms with Gasteiger partial charge in [0.25, 0.3) is 0 Å². The van der Waals surface area contributed by atoms with Crippen molar-refractivity contribution in [3.63, 3.8) is 0 Å². The molecule has 5 heteroatoms. The van der Waals surface area contributed by atoms with Crippen LogP contribution in [0.5, 0.6) is 0 Å². The molecule has 10 atom stereocenters. The summed E-state index contributed by atoms with van der Waals surface area (Å²) < 4.78 is 11.3. The molecular weight excluding hydrogens is 464 g/mol. The van der Waals surface area contributed by atoms with Crippen molar-refractivity contribution in [1.82, 2.24) is 0 Å². The first-order chi connectivity index (χ1) is 17.2. The van der Waals surface area contributed by atoms with E-state index in [0.29, 0.717) is 36.7 Å². The summed E-state index contributed by atoms with van der Waals surface area (Å²) in [4.78, 5) is 36.8. The van der Waals surface area contributed by atoms with Gasteiger partial charge in [-0.25, -0.2) is 0 Å². The zero-order chi connectivity index (χ0) is 27.0. The molecule has 0 N–H and O–H groups in total. The lowest BCUT2D eigenvalue weighted by atomic mass is 9.32. The fraction of sp³-hybridized carbons (Fsp3) is 0.906. The lowest BCUT2D eigenvalue weighted by Gasteiger charge is -2.72. The summed E-state index contributed by atoms with van der Waals surface area (Å²) in [6.45, 7) is 16.0. The van der Waals surface area contributed by atoms with E-state index < -0.39 is 5.41 Å². The number of ketones is 1. The van der Waals surface area contributed by atoms with Crippen LogP contribution < -0.4 is 0 Å². The van der Waals surface area contributed by atoms with Gasteiger partial charge in [-0.15, -0.1) is 0 Å². The van der Waals surface area contributed by atoms with E-state index in [1.165, 1.54) is 39.0 Å². The molecule has 0 aromatic carbocycles. The Labute approximate surface area is 224 Å². The molecule has 5 nitrogen and oxygen atoms in total. The lowest BCUT2D eigenvalue weighted by molar-refractivity contribution is -0.241. The van der Waals surface area contributed by atoms with Crippen molar-refractivity contribution in [3.05, 3.63) is 0 Å². The first-order valence-electron chi connectivity index (χ1n) is 15.0. The Morgan fingerprint density at radius 1 is 0.784 bits per heavy atom. The molecule has 5 fully saturated rings. The maximum absolute atomic E-state index is 13.3. The van der Waals surface area contributed by atoms with E-state index in [0.717, 1.165) is 25.7 Å². The molecule has 5 saturated carbocycles. The van der Waals surface area contributed by atoms with Crippen molar-refractivity contribution in [2.75, 3.05) is 13.2 Å². The van der Waals surface area contributed by atoms with E-state index in [4.69, 9.17) is 9.47 Å². The van der Waals surface area contributed by atoms with Gasteiger partial charge >= 0.3 is 11.9 Å². The van der Waals surface area contributed by atoms with Gasteiger partial charge in [-0.2, -0.15) is 0 Å². The number of hydrogen-bond acceptors (Lipinski definition) is 5. The summed E-state index contributed by atoms with van der Waals surface area (Å²) in [5.41, 5.74) is 0.126. The molecule has 0 unspecified atom stereocenters. The van der Waals surface area contributed by atoms with E-state index in [9.17, 15) is 14.4 Å². The molecule has 37 heavy (non-hydrogen) atoms. The summed E-state index contributed by atoms with van der Waals surface area (Å²) in [7, 11) is 0. The number of hydrogen-bond donors (Lipinski definition) is 0. The lowest BCUT2D eigenvalue weighted by Crippen LogP contribution is -2.67. The first kappa shape index (κ1) is 27.2. The molecule has 5 rings (SSSR count). The van der Waals surface area contributed by atoms with Crippen molar-refractivity contribution in [2.24, 2.45) is 56.7 Å². The van der Waals surface area contributed by atoms with Crippen LogP contribution in [-0.2, 0) is 23.9 Å². The highest BCUT2D eigenvalue weighted by atomic mass is 16.5. The smallest absolute Gasteiger partial charge is 0.302 e. The molecule has 0 saturated heterocycles. The van der Waals surface area contributed by atoms with Gasteiger partial charge in [0, 0.05) is 25.7 Å². The van der Waals surface area contributed by atoms with Crippen LogP contribution in [0.25, 0.3) is 0 Å². The predicted molar refractivity (Wildman–Crippen MR) is 142 cm³/mol. The second kappa shape index (κ2) is 8.81. The zero-order valence-corrected chi connectivity index (χ0v) is 24.4. The molecule has 0 amide bonds. The van der Waals surface area contributed by atoms with Gasteiger partial charge in [-0.05, 0) is 111 Å². The predicted octanol–water partition coefficient (Wildman–Crippen LogP) is 6.76. The summed E-state index contributed by atoms with van der Waals surface area (Å²) >= 11 is 0. The SMILES string of the molecule is CC(=O)OC[C@]12CC[C@@H](C)[C@@H]1[C@H]1CC[C@@H]3[C@@]4(C)CCC(=O)[C@@](C)(COC(C)=O)[C@@H]4CC[C@@]3(C)[C@]1(C)CC2. The maximum Gasteiger partial charge on any atom is 0.302 e. The topological polar surface area (TPSA) is 69.7 Å². The van der Waals surface area contributed by atoms with Crippen LogP contribution in [0.1, 0.15) is 113 Å². The van der Waals surface area contributed by atoms with Crippen molar-refractivity contribution >= 4 is 17.7 Å². The van der Waals surface area contributed by atoms with Crippen molar-refractivity contribution in [2.45, 2.75) is 113 Å². The zero-order valence-electron chi connectivity index (χ0n) is 24.4. The second-order valence-electron chi connectivity index (χ2n) is 15.0.